The molecule has 2 N–H and O–H groups in total. The number of aryl methyl sites for hydroxylation is 2. The molecular weight excluding hydrogens is 252 g/mol. The van der Waals surface area contributed by atoms with E-state index in [1.54, 1.807) is 11.7 Å². The number of hydrogen-bond acceptors (Lipinski definition) is 3. The Morgan fingerprint density at radius 2 is 2.20 bits per heavy atom. The molecule has 0 atom stereocenters. The van der Waals surface area contributed by atoms with Gasteiger partial charge in [-0.15, -0.1) is 0 Å². The average Bonchev–Trinajstić information content (AvgIpc) is 2.77. The summed E-state index contributed by atoms with van der Waals surface area (Å²) < 4.78 is 1.64. The zero-order valence-corrected chi connectivity index (χ0v) is 11.8. The molecule has 2 aromatic rings. The normalized spacial score (nSPS) is 14.2. The van der Waals surface area contributed by atoms with E-state index in [9.17, 15) is 4.79 Å². The van der Waals surface area contributed by atoms with Gasteiger partial charge in [-0.3, -0.25) is 9.48 Å². The van der Waals surface area contributed by atoms with E-state index in [4.69, 9.17) is 5.73 Å². The average molecular weight is 270 g/mol. The summed E-state index contributed by atoms with van der Waals surface area (Å²) in [5.74, 6) is 0.0157. The lowest BCUT2D eigenvalue weighted by Gasteiger charge is -2.29. The third-order valence-electron chi connectivity index (χ3n) is 3.82. The van der Waals surface area contributed by atoms with Gasteiger partial charge in [0, 0.05) is 25.8 Å². The smallest absolute Gasteiger partial charge is 0.272 e. The first-order valence-corrected chi connectivity index (χ1v) is 6.72. The van der Waals surface area contributed by atoms with Crippen molar-refractivity contribution in [2.24, 2.45) is 7.05 Å². The van der Waals surface area contributed by atoms with Crippen LogP contribution in [0.15, 0.2) is 24.3 Å². The highest BCUT2D eigenvalue weighted by molar-refractivity contribution is 5.93. The van der Waals surface area contributed by atoms with Crippen LogP contribution in [-0.2, 0) is 20.0 Å². The molecule has 1 aromatic carbocycles. The molecule has 0 radical (unpaired) electrons. The summed E-state index contributed by atoms with van der Waals surface area (Å²) in [5.41, 5.74) is 10.6. The van der Waals surface area contributed by atoms with E-state index in [-0.39, 0.29) is 5.91 Å². The number of aromatic nitrogens is 2. The van der Waals surface area contributed by atoms with Crippen LogP contribution >= 0.6 is 0 Å². The maximum absolute atomic E-state index is 12.6. The van der Waals surface area contributed by atoms with Crippen LogP contribution in [0.25, 0.3) is 0 Å². The SMILES string of the molecule is Cc1cc(C(=O)N2CCc3cccc(N)c3C2)n(C)n1. The number of hydrogen-bond donors (Lipinski definition) is 1. The standard InChI is InChI=1S/C15H18N4O/c1-10-8-14(18(2)17-10)15(20)19-7-6-11-4-3-5-13(16)12(11)9-19/h3-5,8H,6-7,9,16H2,1-2H3. The van der Waals surface area contributed by atoms with Crippen LogP contribution in [0.5, 0.6) is 0 Å². The predicted molar refractivity (Wildman–Crippen MR) is 77.2 cm³/mol. The second-order valence-electron chi connectivity index (χ2n) is 5.26. The van der Waals surface area contributed by atoms with Gasteiger partial charge >= 0.3 is 0 Å². The fourth-order valence-corrected chi connectivity index (χ4v) is 2.75. The van der Waals surface area contributed by atoms with Crippen molar-refractivity contribution in [3.8, 4) is 0 Å². The van der Waals surface area contributed by atoms with Gasteiger partial charge in [0.2, 0.25) is 0 Å². The number of fused-ring (bicyclic) bond motifs is 1. The Morgan fingerprint density at radius 1 is 1.40 bits per heavy atom. The maximum Gasteiger partial charge on any atom is 0.272 e. The van der Waals surface area contributed by atoms with E-state index >= 15 is 0 Å². The minimum atomic E-state index is 0.0157. The molecule has 1 aliphatic heterocycles. The summed E-state index contributed by atoms with van der Waals surface area (Å²) in [5, 5.41) is 4.23. The van der Waals surface area contributed by atoms with Crippen LogP contribution in [0.3, 0.4) is 0 Å². The van der Waals surface area contributed by atoms with Gasteiger partial charge in [-0.25, -0.2) is 0 Å². The van der Waals surface area contributed by atoms with Gasteiger partial charge in [0.05, 0.1) is 5.69 Å². The summed E-state index contributed by atoms with van der Waals surface area (Å²) in [6, 6.07) is 7.77. The Morgan fingerprint density at radius 3 is 2.90 bits per heavy atom. The van der Waals surface area contributed by atoms with Gasteiger partial charge < -0.3 is 10.6 Å². The molecule has 104 valence electrons. The molecule has 0 aliphatic carbocycles. The van der Waals surface area contributed by atoms with Crippen LogP contribution in [0, 0.1) is 6.92 Å². The molecule has 0 unspecified atom stereocenters. The molecule has 0 fully saturated rings. The van der Waals surface area contributed by atoms with Gasteiger partial charge in [-0.2, -0.15) is 5.10 Å². The number of anilines is 1. The highest BCUT2D eigenvalue weighted by Gasteiger charge is 2.24. The number of nitrogen functional groups attached to an aromatic ring is 1. The minimum Gasteiger partial charge on any atom is -0.398 e. The number of nitrogens with two attached hydrogens (primary N) is 1. The largest absolute Gasteiger partial charge is 0.398 e. The quantitative estimate of drug-likeness (QED) is 0.799. The lowest BCUT2D eigenvalue weighted by atomic mass is 9.98. The summed E-state index contributed by atoms with van der Waals surface area (Å²) in [4.78, 5) is 14.4. The Labute approximate surface area is 118 Å². The molecule has 3 rings (SSSR count). The molecule has 0 spiro atoms. The number of carbonyl (C=O) groups excluding carboxylic acids is 1. The van der Waals surface area contributed by atoms with Gasteiger partial charge in [-0.05, 0) is 36.6 Å². The number of nitrogens with zero attached hydrogens (tertiary/aromatic N) is 3. The van der Waals surface area contributed by atoms with Crippen LogP contribution in [0.4, 0.5) is 5.69 Å². The second-order valence-corrected chi connectivity index (χ2v) is 5.26. The van der Waals surface area contributed by atoms with Crippen molar-refractivity contribution in [3.63, 3.8) is 0 Å². The molecular formula is C15H18N4O. The monoisotopic (exact) mass is 270 g/mol. The lowest BCUT2D eigenvalue weighted by Crippen LogP contribution is -2.37. The zero-order chi connectivity index (χ0) is 14.3. The van der Waals surface area contributed by atoms with E-state index in [0.717, 1.165) is 29.9 Å². The van der Waals surface area contributed by atoms with E-state index in [0.29, 0.717) is 12.2 Å². The number of carbonyl (C=O) groups is 1. The molecule has 2 heterocycles. The Hall–Kier alpha value is -2.30. The fourth-order valence-electron chi connectivity index (χ4n) is 2.75. The van der Waals surface area contributed by atoms with Crippen LogP contribution in [0.2, 0.25) is 0 Å². The van der Waals surface area contributed by atoms with E-state index in [2.05, 4.69) is 11.2 Å². The van der Waals surface area contributed by atoms with Crippen LogP contribution in [0.1, 0.15) is 27.3 Å². The molecule has 0 saturated carbocycles. The third-order valence-corrected chi connectivity index (χ3v) is 3.82. The molecule has 1 amide bonds. The van der Waals surface area contributed by atoms with E-state index in [1.165, 1.54) is 5.56 Å². The highest BCUT2D eigenvalue weighted by atomic mass is 16.2. The number of rotatable bonds is 1. The molecule has 0 bridgehead atoms. The molecule has 5 nitrogen and oxygen atoms in total. The summed E-state index contributed by atoms with van der Waals surface area (Å²) in [7, 11) is 1.80. The van der Waals surface area contributed by atoms with Gasteiger partial charge in [0.15, 0.2) is 0 Å². The molecule has 20 heavy (non-hydrogen) atoms. The van der Waals surface area contributed by atoms with Crippen LogP contribution in [-0.4, -0.2) is 27.1 Å². The van der Waals surface area contributed by atoms with Crippen molar-refractivity contribution in [2.75, 3.05) is 12.3 Å². The Kier molecular flexibility index (Phi) is 2.97. The summed E-state index contributed by atoms with van der Waals surface area (Å²) in [6.07, 6.45) is 0.850. The highest BCUT2D eigenvalue weighted by Crippen LogP contribution is 2.25. The van der Waals surface area contributed by atoms with Crippen molar-refractivity contribution in [1.82, 2.24) is 14.7 Å². The first-order valence-electron chi connectivity index (χ1n) is 6.72. The topological polar surface area (TPSA) is 64.2 Å². The first kappa shape index (κ1) is 12.7. The molecule has 1 aliphatic rings. The van der Waals surface area contributed by atoms with Crippen molar-refractivity contribution in [1.29, 1.82) is 0 Å². The van der Waals surface area contributed by atoms with E-state index < -0.39 is 0 Å². The Bertz CT molecular complexity index is 675. The lowest BCUT2D eigenvalue weighted by molar-refractivity contribution is 0.0724. The fraction of sp³-hybridized carbons (Fsp3) is 0.333. The van der Waals surface area contributed by atoms with Gasteiger partial charge in [0.25, 0.3) is 5.91 Å². The summed E-state index contributed by atoms with van der Waals surface area (Å²) >= 11 is 0. The van der Waals surface area contributed by atoms with Crippen molar-refractivity contribution >= 4 is 11.6 Å². The van der Waals surface area contributed by atoms with Gasteiger partial charge in [-0.1, -0.05) is 12.1 Å². The van der Waals surface area contributed by atoms with Crippen LogP contribution < -0.4 is 5.73 Å². The Balaban J connectivity index is 1.89. The van der Waals surface area contributed by atoms with E-state index in [1.807, 2.05) is 30.0 Å². The number of amides is 1. The molecule has 0 saturated heterocycles. The molecule has 5 heteroatoms. The predicted octanol–water partition coefficient (Wildman–Crippen LogP) is 1.51. The van der Waals surface area contributed by atoms with Crippen molar-refractivity contribution in [2.45, 2.75) is 19.9 Å². The number of benzene rings is 1. The van der Waals surface area contributed by atoms with Crippen molar-refractivity contribution in [3.05, 3.63) is 46.8 Å². The van der Waals surface area contributed by atoms with Crippen molar-refractivity contribution < 1.29 is 4.79 Å². The second kappa shape index (κ2) is 4.67. The molecule has 1 aromatic heterocycles. The first-order chi connectivity index (χ1) is 9.56. The zero-order valence-electron chi connectivity index (χ0n) is 11.8. The maximum atomic E-state index is 12.6. The van der Waals surface area contributed by atoms with Gasteiger partial charge in [0.1, 0.15) is 5.69 Å². The minimum absolute atomic E-state index is 0.0157. The summed E-state index contributed by atoms with van der Waals surface area (Å²) in [6.45, 7) is 3.19. The third kappa shape index (κ3) is 2.05.